The fraction of sp³-hybridized carbons (Fsp3) is 0.571. The topological polar surface area (TPSA) is 68.2 Å². The van der Waals surface area contributed by atoms with Crippen LogP contribution in [0.5, 0.6) is 11.5 Å². The molecular weight excluding hydrogens is 248 g/mol. The third kappa shape index (κ3) is 5.46. The first-order valence-corrected chi connectivity index (χ1v) is 6.27. The van der Waals surface area contributed by atoms with Crippen LogP contribution in [0.2, 0.25) is 0 Å². The zero-order valence-corrected chi connectivity index (χ0v) is 11.6. The highest BCUT2D eigenvalue weighted by Crippen LogP contribution is 2.25. The van der Waals surface area contributed by atoms with E-state index in [-0.39, 0.29) is 25.9 Å². The van der Waals surface area contributed by atoms with Gasteiger partial charge in [0.1, 0.15) is 24.2 Å². The number of aliphatic hydroxyl groups is 2. The Balaban J connectivity index is 2.55. The Hall–Kier alpha value is -1.30. The van der Waals surface area contributed by atoms with Crippen molar-refractivity contribution in [2.75, 3.05) is 20.3 Å². The van der Waals surface area contributed by atoms with E-state index in [9.17, 15) is 10.2 Å². The van der Waals surface area contributed by atoms with Crippen LogP contribution in [-0.4, -0.2) is 42.7 Å². The SMILES string of the molecule is COc1ccc(CO)c(OCC(O)COC(C)C)c1. The molecule has 0 fully saturated rings. The molecule has 108 valence electrons. The lowest BCUT2D eigenvalue weighted by Gasteiger charge is -2.16. The van der Waals surface area contributed by atoms with Gasteiger partial charge in [0.2, 0.25) is 0 Å². The minimum Gasteiger partial charge on any atom is -0.497 e. The van der Waals surface area contributed by atoms with Crippen LogP contribution in [0.4, 0.5) is 0 Å². The molecule has 5 heteroatoms. The molecular formula is C14H22O5. The molecule has 5 nitrogen and oxygen atoms in total. The summed E-state index contributed by atoms with van der Waals surface area (Å²) in [6, 6.07) is 5.16. The van der Waals surface area contributed by atoms with Gasteiger partial charge in [-0.15, -0.1) is 0 Å². The van der Waals surface area contributed by atoms with Gasteiger partial charge in [-0.05, 0) is 26.0 Å². The van der Waals surface area contributed by atoms with Crippen LogP contribution in [0.15, 0.2) is 18.2 Å². The van der Waals surface area contributed by atoms with Gasteiger partial charge in [-0.3, -0.25) is 0 Å². The van der Waals surface area contributed by atoms with Crippen molar-refractivity contribution in [1.82, 2.24) is 0 Å². The summed E-state index contributed by atoms with van der Waals surface area (Å²) >= 11 is 0. The van der Waals surface area contributed by atoms with Crippen molar-refractivity contribution in [2.45, 2.75) is 32.7 Å². The van der Waals surface area contributed by atoms with E-state index in [1.165, 1.54) is 0 Å². The summed E-state index contributed by atoms with van der Waals surface area (Å²) in [5.74, 6) is 1.14. The number of hydrogen-bond donors (Lipinski definition) is 2. The molecule has 1 rings (SSSR count). The molecule has 1 unspecified atom stereocenters. The van der Waals surface area contributed by atoms with Crippen molar-refractivity contribution in [3.05, 3.63) is 23.8 Å². The van der Waals surface area contributed by atoms with E-state index < -0.39 is 6.10 Å². The molecule has 0 aliphatic carbocycles. The van der Waals surface area contributed by atoms with Crippen LogP contribution in [0.25, 0.3) is 0 Å². The highest BCUT2D eigenvalue weighted by molar-refractivity contribution is 5.40. The molecule has 0 heterocycles. The lowest BCUT2D eigenvalue weighted by Crippen LogP contribution is -2.25. The van der Waals surface area contributed by atoms with Gasteiger partial charge in [-0.25, -0.2) is 0 Å². The average Bonchev–Trinajstić information content (AvgIpc) is 2.42. The monoisotopic (exact) mass is 270 g/mol. The summed E-state index contributed by atoms with van der Waals surface area (Å²) in [7, 11) is 1.56. The van der Waals surface area contributed by atoms with E-state index in [1.54, 1.807) is 25.3 Å². The molecule has 1 aromatic carbocycles. The number of aliphatic hydroxyl groups excluding tert-OH is 2. The maximum Gasteiger partial charge on any atom is 0.128 e. The third-order valence-corrected chi connectivity index (χ3v) is 2.50. The first-order chi connectivity index (χ1) is 9.06. The molecule has 0 spiro atoms. The Morgan fingerprint density at radius 1 is 1.21 bits per heavy atom. The van der Waals surface area contributed by atoms with E-state index in [1.807, 2.05) is 13.8 Å². The summed E-state index contributed by atoms with van der Waals surface area (Å²) in [6.45, 7) is 4.00. The lowest BCUT2D eigenvalue weighted by molar-refractivity contribution is -0.0125. The minimum atomic E-state index is -0.708. The highest BCUT2D eigenvalue weighted by atomic mass is 16.5. The molecule has 1 atom stereocenters. The first kappa shape index (κ1) is 15.8. The number of benzene rings is 1. The van der Waals surface area contributed by atoms with Gasteiger partial charge < -0.3 is 24.4 Å². The van der Waals surface area contributed by atoms with Crippen molar-refractivity contribution in [2.24, 2.45) is 0 Å². The van der Waals surface area contributed by atoms with Crippen LogP contribution in [0.1, 0.15) is 19.4 Å². The molecule has 0 aromatic heterocycles. The Morgan fingerprint density at radius 2 is 1.95 bits per heavy atom. The molecule has 19 heavy (non-hydrogen) atoms. The zero-order valence-electron chi connectivity index (χ0n) is 11.6. The van der Waals surface area contributed by atoms with E-state index in [0.717, 1.165) is 0 Å². The van der Waals surface area contributed by atoms with Crippen molar-refractivity contribution in [3.63, 3.8) is 0 Å². The van der Waals surface area contributed by atoms with Gasteiger partial charge in [-0.2, -0.15) is 0 Å². The van der Waals surface area contributed by atoms with Crippen LogP contribution in [0.3, 0.4) is 0 Å². The summed E-state index contributed by atoms with van der Waals surface area (Å²) in [6.07, 6.45) is -0.639. The largest absolute Gasteiger partial charge is 0.497 e. The van der Waals surface area contributed by atoms with Crippen molar-refractivity contribution >= 4 is 0 Å². The van der Waals surface area contributed by atoms with Gasteiger partial charge in [-0.1, -0.05) is 0 Å². The summed E-state index contributed by atoms with van der Waals surface area (Å²) in [5.41, 5.74) is 0.651. The van der Waals surface area contributed by atoms with Gasteiger partial charge in [0.15, 0.2) is 0 Å². The fourth-order valence-electron chi connectivity index (χ4n) is 1.46. The van der Waals surface area contributed by atoms with E-state index in [0.29, 0.717) is 17.1 Å². The van der Waals surface area contributed by atoms with E-state index in [2.05, 4.69) is 0 Å². The van der Waals surface area contributed by atoms with Gasteiger partial charge >= 0.3 is 0 Å². The standard InChI is InChI=1S/C14H22O5/c1-10(2)18-8-12(16)9-19-14-6-13(17-3)5-4-11(14)7-15/h4-6,10,12,15-16H,7-9H2,1-3H3. The third-order valence-electron chi connectivity index (χ3n) is 2.50. The molecule has 0 bridgehead atoms. The smallest absolute Gasteiger partial charge is 0.128 e. The molecule has 0 amide bonds. The van der Waals surface area contributed by atoms with Gasteiger partial charge in [0.25, 0.3) is 0 Å². The molecule has 0 radical (unpaired) electrons. The zero-order chi connectivity index (χ0) is 14.3. The number of hydrogen-bond acceptors (Lipinski definition) is 5. The Kier molecular flexibility index (Phi) is 6.62. The van der Waals surface area contributed by atoms with Crippen LogP contribution < -0.4 is 9.47 Å². The molecule has 2 N–H and O–H groups in total. The van der Waals surface area contributed by atoms with Crippen molar-refractivity contribution < 1.29 is 24.4 Å². The number of methoxy groups -OCH3 is 1. The Bertz CT molecular complexity index is 378. The van der Waals surface area contributed by atoms with Crippen molar-refractivity contribution in [3.8, 4) is 11.5 Å². The Labute approximate surface area is 113 Å². The predicted octanol–water partition coefficient (Wildman–Crippen LogP) is 1.35. The second-order valence-corrected chi connectivity index (χ2v) is 4.48. The predicted molar refractivity (Wildman–Crippen MR) is 71.5 cm³/mol. The quantitative estimate of drug-likeness (QED) is 0.746. The summed E-state index contributed by atoms with van der Waals surface area (Å²) in [4.78, 5) is 0. The molecule has 0 aliphatic rings. The van der Waals surface area contributed by atoms with Crippen molar-refractivity contribution in [1.29, 1.82) is 0 Å². The summed E-state index contributed by atoms with van der Waals surface area (Å²) in [5, 5.41) is 18.9. The summed E-state index contributed by atoms with van der Waals surface area (Å²) < 4.78 is 15.9. The van der Waals surface area contributed by atoms with Crippen LogP contribution >= 0.6 is 0 Å². The van der Waals surface area contributed by atoms with Crippen LogP contribution in [0, 0.1) is 0 Å². The fourth-order valence-corrected chi connectivity index (χ4v) is 1.46. The maximum absolute atomic E-state index is 9.71. The van der Waals surface area contributed by atoms with Crippen LogP contribution in [-0.2, 0) is 11.3 Å². The molecule has 0 saturated heterocycles. The molecule has 1 aromatic rings. The number of ether oxygens (including phenoxy) is 3. The normalized spacial score (nSPS) is 12.5. The minimum absolute atomic E-state index is 0.0690. The second kappa shape index (κ2) is 7.99. The first-order valence-electron chi connectivity index (χ1n) is 6.27. The molecule has 0 aliphatic heterocycles. The van der Waals surface area contributed by atoms with E-state index in [4.69, 9.17) is 14.2 Å². The maximum atomic E-state index is 9.71. The van der Waals surface area contributed by atoms with Gasteiger partial charge in [0, 0.05) is 11.6 Å². The molecule has 0 saturated carbocycles. The average molecular weight is 270 g/mol. The van der Waals surface area contributed by atoms with E-state index >= 15 is 0 Å². The second-order valence-electron chi connectivity index (χ2n) is 4.48. The highest BCUT2D eigenvalue weighted by Gasteiger charge is 2.10. The number of rotatable bonds is 8. The Morgan fingerprint density at radius 3 is 2.53 bits per heavy atom. The van der Waals surface area contributed by atoms with Gasteiger partial charge in [0.05, 0.1) is 26.4 Å². The lowest BCUT2D eigenvalue weighted by atomic mass is 10.2.